The van der Waals surface area contributed by atoms with Gasteiger partial charge in [-0.15, -0.1) is 0 Å². The highest BCUT2D eigenvalue weighted by atomic mass is 28.4. The molecule has 0 aromatic heterocycles. The molecule has 0 saturated carbocycles. The fourth-order valence-electron chi connectivity index (χ4n) is 3.02. The highest BCUT2D eigenvalue weighted by Gasteiger charge is 2.43. The van der Waals surface area contributed by atoms with Gasteiger partial charge in [-0.05, 0) is 58.8 Å². The summed E-state index contributed by atoms with van der Waals surface area (Å²) < 4.78 is 17.9. The summed E-state index contributed by atoms with van der Waals surface area (Å²) in [6, 6.07) is 0.945. The van der Waals surface area contributed by atoms with Crippen molar-refractivity contribution >= 4 is 8.80 Å². The molecule has 0 bridgehead atoms. The Hall–Kier alpha value is -0.163. The first-order chi connectivity index (χ1) is 9.56. The molecule has 2 unspecified atom stereocenters. The zero-order chi connectivity index (χ0) is 15.0. The SMILES string of the molecule is CCO[Si](CC(C)C1CC=C(C)CC1)(OCC)OCC. The van der Waals surface area contributed by atoms with E-state index in [1.54, 1.807) is 0 Å². The van der Waals surface area contributed by atoms with E-state index in [2.05, 4.69) is 19.9 Å². The van der Waals surface area contributed by atoms with Crippen molar-refractivity contribution in [1.29, 1.82) is 0 Å². The van der Waals surface area contributed by atoms with Gasteiger partial charge in [-0.2, -0.15) is 0 Å². The quantitative estimate of drug-likeness (QED) is 0.466. The van der Waals surface area contributed by atoms with Crippen LogP contribution in [0.1, 0.15) is 53.9 Å². The van der Waals surface area contributed by atoms with E-state index in [1.165, 1.54) is 24.8 Å². The normalized spacial score (nSPS) is 21.6. The molecular weight excluding hydrogens is 268 g/mol. The standard InChI is InChI=1S/C16H32O3Si/c1-6-17-20(18-7-2,19-8-3)13-15(5)16-11-9-14(4)10-12-16/h9,15-16H,6-8,10-13H2,1-5H3. The molecule has 0 aromatic carbocycles. The van der Waals surface area contributed by atoms with Crippen LogP contribution in [0.5, 0.6) is 0 Å². The van der Waals surface area contributed by atoms with Crippen LogP contribution in [-0.2, 0) is 13.3 Å². The van der Waals surface area contributed by atoms with Crippen molar-refractivity contribution in [2.45, 2.75) is 59.9 Å². The van der Waals surface area contributed by atoms with E-state index >= 15 is 0 Å². The maximum Gasteiger partial charge on any atom is 0.501 e. The van der Waals surface area contributed by atoms with E-state index in [4.69, 9.17) is 13.3 Å². The Morgan fingerprint density at radius 1 is 1.15 bits per heavy atom. The minimum atomic E-state index is -2.48. The van der Waals surface area contributed by atoms with Crippen molar-refractivity contribution in [3.63, 3.8) is 0 Å². The smallest absolute Gasteiger partial charge is 0.374 e. The van der Waals surface area contributed by atoms with E-state index in [0.29, 0.717) is 25.7 Å². The van der Waals surface area contributed by atoms with Crippen LogP contribution in [0.25, 0.3) is 0 Å². The summed E-state index contributed by atoms with van der Waals surface area (Å²) >= 11 is 0. The second kappa shape index (κ2) is 8.98. The third kappa shape index (κ3) is 5.32. The highest BCUT2D eigenvalue weighted by molar-refractivity contribution is 6.60. The zero-order valence-electron chi connectivity index (χ0n) is 13.9. The molecule has 118 valence electrons. The van der Waals surface area contributed by atoms with Crippen LogP contribution in [0.4, 0.5) is 0 Å². The molecule has 0 aliphatic heterocycles. The van der Waals surface area contributed by atoms with Gasteiger partial charge in [0, 0.05) is 25.9 Å². The molecule has 0 amide bonds. The molecule has 1 aliphatic carbocycles. The lowest BCUT2D eigenvalue weighted by Gasteiger charge is -2.34. The zero-order valence-corrected chi connectivity index (χ0v) is 14.9. The largest absolute Gasteiger partial charge is 0.501 e. The molecule has 0 saturated heterocycles. The Bertz CT molecular complexity index is 287. The van der Waals surface area contributed by atoms with Gasteiger partial charge in [-0.1, -0.05) is 18.6 Å². The molecule has 3 nitrogen and oxygen atoms in total. The van der Waals surface area contributed by atoms with Crippen molar-refractivity contribution in [2.75, 3.05) is 19.8 Å². The summed E-state index contributed by atoms with van der Waals surface area (Å²) in [7, 11) is -2.48. The third-order valence-corrected chi connectivity index (χ3v) is 7.48. The molecule has 0 aromatic rings. The van der Waals surface area contributed by atoms with Crippen molar-refractivity contribution in [1.82, 2.24) is 0 Å². The molecular formula is C16H32O3Si. The Kier molecular flexibility index (Phi) is 8.03. The minimum Gasteiger partial charge on any atom is -0.374 e. The second-order valence-corrected chi connectivity index (χ2v) is 8.39. The first-order valence-electron chi connectivity index (χ1n) is 8.14. The molecule has 20 heavy (non-hydrogen) atoms. The maximum atomic E-state index is 5.97. The summed E-state index contributed by atoms with van der Waals surface area (Å²) in [5, 5.41) is 0. The monoisotopic (exact) mass is 300 g/mol. The number of hydrogen-bond donors (Lipinski definition) is 0. The van der Waals surface area contributed by atoms with E-state index < -0.39 is 8.80 Å². The van der Waals surface area contributed by atoms with Crippen LogP contribution in [0.15, 0.2) is 11.6 Å². The molecule has 0 fully saturated rings. The van der Waals surface area contributed by atoms with Gasteiger partial charge in [-0.3, -0.25) is 0 Å². The first-order valence-corrected chi connectivity index (χ1v) is 10.1. The topological polar surface area (TPSA) is 27.7 Å². The molecule has 2 atom stereocenters. The lowest BCUT2D eigenvalue weighted by Crippen LogP contribution is -2.48. The molecule has 1 rings (SSSR count). The van der Waals surface area contributed by atoms with Crippen LogP contribution < -0.4 is 0 Å². The summed E-state index contributed by atoms with van der Waals surface area (Å²) in [4.78, 5) is 0. The summed E-state index contributed by atoms with van der Waals surface area (Å²) in [6.07, 6.45) is 6.12. The van der Waals surface area contributed by atoms with Crippen molar-refractivity contribution in [2.24, 2.45) is 11.8 Å². The van der Waals surface area contributed by atoms with Gasteiger partial charge in [0.2, 0.25) is 0 Å². The van der Waals surface area contributed by atoms with E-state index in [9.17, 15) is 0 Å². The second-order valence-electron chi connectivity index (χ2n) is 5.75. The molecule has 1 aliphatic rings. The first kappa shape index (κ1) is 17.9. The number of allylic oxidation sites excluding steroid dienone is 2. The summed E-state index contributed by atoms with van der Waals surface area (Å²) in [6.45, 7) is 12.7. The van der Waals surface area contributed by atoms with E-state index in [-0.39, 0.29) is 0 Å². The number of hydrogen-bond acceptors (Lipinski definition) is 3. The van der Waals surface area contributed by atoms with E-state index in [1.807, 2.05) is 20.8 Å². The maximum absolute atomic E-state index is 5.97. The summed E-state index contributed by atoms with van der Waals surface area (Å²) in [5.74, 6) is 1.34. The van der Waals surface area contributed by atoms with Gasteiger partial charge in [0.15, 0.2) is 0 Å². The van der Waals surface area contributed by atoms with Crippen molar-refractivity contribution in [3.05, 3.63) is 11.6 Å². The lowest BCUT2D eigenvalue weighted by atomic mass is 9.83. The fraction of sp³-hybridized carbons (Fsp3) is 0.875. The summed E-state index contributed by atoms with van der Waals surface area (Å²) in [5.41, 5.74) is 1.54. The van der Waals surface area contributed by atoms with Crippen molar-refractivity contribution in [3.8, 4) is 0 Å². The van der Waals surface area contributed by atoms with Crippen LogP contribution in [0, 0.1) is 11.8 Å². The van der Waals surface area contributed by atoms with Gasteiger partial charge in [-0.25, -0.2) is 0 Å². The molecule has 0 radical (unpaired) electrons. The average Bonchev–Trinajstić information content (AvgIpc) is 2.40. The molecule has 0 N–H and O–H groups in total. The molecule has 0 heterocycles. The Morgan fingerprint density at radius 3 is 2.10 bits per heavy atom. The van der Waals surface area contributed by atoms with Crippen LogP contribution >= 0.6 is 0 Å². The lowest BCUT2D eigenvalue weighted by molar-refractivity contribution is 0.0645. The molecule has 4 heteroatoms. The Labute approximate surface area is 126 Å². The van der Waals surface area contributed by atoms with Gasteiger partial charge in [0.25, 0.3) is 0 Å². The predicted octanol–water partition coefficient (Wildman–Crippen LogP) is 4.42. The Morgan fingerprint density at radius 2 is 1.70 bits per heavy atom. The number of rotatable bonds is 9. The van der Waals surface area contributed by atoms with Gasteiger partial charge in [0.1, 0.15) is 0 Å². The fourth-order valence-corrected chi connectivity index (χ4v) is 6.07. The molecule has 0 spiro atoms. The Balaban J connectivity index is 2.67. The predicted molar refractivity (Wildman–Crippen MR) is 85.7 cm³/mol. The van der Waals surface area contributed by atoms with Gasteiger partial charge < -0.3 is 13.3 Å². The average molecular weight is 301 g/mol. The third-order valence-electron chi connectivity index (χ3n) is 4.15. The van der Waals surface area contributed by atoms with Crippen molar-refractivity contribution < 1.29 is 13.3 Å². The highest BCUT2D eigenvalue weighted by Crippen LogP contribution is 2.34. The van der Waals surface area contributed by atoms with Crippen LogP contribution in [0.3, 0.4) is 0 Å². The minimum absolute atomic E-state index is 0.593. The van der Waals surface area contributed by atoms with Crippen LogP contribution in [0.2, 0.25) is 6.04 Å². The van der Waals surface area contributed by atoms with Crippen LogP contribution in [-0.4, -0.2) is 28.6 Å². The van der Waals surface area contributed by atoms with E-state index in [0.717, 1.165) is 12.0 Å². The van der Waals surface area contributed by atoms with Gasteiger partial charge >= 0.3 is 8.80 Å². The van der Waals surface area contributed by atoms with Gasteiger partial charge in [0.05, 0.1) is 0 Å².